The fraction of sp³-hybridized carbons (Fsp3) is 0.154. The van der Waals surface area contributed by atoms with Gasteiger partial charge in [0.05, 0.1) is 17.3 Å². The number of carbonyl (C=O) groups is 3. The van der Waals surface area contributed by atoms with Crippen molar-refractivity contribution in [2.45, 2.75) is 20.0 Å². The molecule has 39 heavy (non-hydrogen) atoms. The van der Waals surface area contributed by atoms with Crippen molar-refractivity contribution in [1.29, 1.82) is 0 Å². The number of aromatic nitrogens is 4. The second-order valence-electron chi connectivity index (χ2n) is 8.72. The van der Waals surface area contributed by atoms with Crippen LogP contribution < -0.4 is 16.4 Å². The molecule has 0 spiro atoms. The number of nitrogens with zero attached hydrogens (tertiary/aromatic N) is 4. The molecule has 0 aliphatic heterocycles. The van der Waals surface area contributed by atoms with Crippen LogP contribution in [-0.2, 0) is 20.1 Å². The largest absolute Gasteiger partial charge is 0.419 e. The van der Waals surface area contributed by atoms with Crippen LogP contribution in [-0.4, -0.2) is 36.8 Å². The minimum Gasteiger partial charge on any atom is -0.408 e. The Bertz CT molecular complexity index is 1860. The van der Waals surface area contributed by atoms with Crippen LogP contribution in [0.4, 0.5) is 8.78 Å². The number of oxazole rings is 1. The van der Waals surface area contributed by atoms with E-state index in [2.05, 4.69) is 20.7 Å². The Morgan fingerprint density at radius 2 is 1.64 bits per heavy atom. The lowest BCUT2D eigenvalue weighted by molar-refractivity contribution is 0.0940. The predicted molar refractivity (Wildman–Crippen MR) is 133 cm³/mol. The van der Waals surface area contributed by atoms with E-state index in [1.165, 1.54) is 23.6 Å². The van der Waals surface area contributed by atoms with Gasteiger partial charge in [-0.25, -0.2) is 23.1 Å². The van der Waals surface area contributed by atoms with Crippen molar-refractivity contribution in [1.82, 2.24) is 29.8 Å². The van der Waals surface area contributed by atoms with Crippen LogP contribution in [0.2, 0.25) is 0 Å². The molecule has 3 heterocycles. The number of rotatable bonds is 7. The number of halogens is 2. The standard InChI is InChI=1S/C26H20F2N6O5/c1-13(35)16-5-3-14(7-17(16)27)10-30-25(37)21-9-19(32-23-18(28)12-31-34(21)23)24(36)29-11-15-4-6-22-20(8-15)33(2)26(38)39-22/h3-9,12H,10-11H2,1-2H3,(H,29,36)(H,30,37). The molecule has 0 bridgehead atoms. The Morgan fingerprint density at radius 3 is 2.36 bits per heavy atom. The summed E-state index contributed by atoms with van der Waals surface area (Å²) in [6.45, 7) is 1.18. The summed E-state index contributed by atoms with van der Waals surface area (Å²) >= 11 is 0. The Kier molecular flexibility index (Phi) is 6.48. The van der Waals surface area contributed by atoms with Crippen LogP contribution in [0.25, 0.3) is 16.7 Å². The maximum atomic E-state index is 14.4. The summed E-state index contributed by atoms with van der Waals surface area (Å²) in [5.74, 6) is -3.91. The maximum Gasteiger partial charge on any atom is 0.419 e. The number of Topliss-reactive ketones (excluding diaryl/α,β-unsaturated/α-hetero) is 1. The quantitative estimate of drug-likeness (QED) is 0.306. The third-order valence-electron chi connectivity index (χ3n) is 6.07. The zero-order valence-electron chi connectivity index (χ0n) is 20.6. The highest BCUT2D eigenvalue weighted by atomic mass is 19.1. The number of carbonyl (C=O) groups excluding carboxylic acids is 3. The van der Waals surface area contributed by atoms with Gasteiger partial charge in [0.25, 0.3) is 11.8 Å². The van der Waals surface area contributed by atoms with Crippen LogP contribution in [0.15, 0.2) is 57.9 Å². The molecule has 0 saturated heterocycles. The lowest BCUT2D eigenvalue weighted by Crippen LogP contribution is -2.28. The molecule has 11 nitrogen and oxygen atoms in total. The van der Waals surface area contributed by atoms with Crippen molar-refractivity contribution in [3.8, 4) is 0 Å². The molecule has 198 valence electrons. The van der Waals surface area contributed by atoms with Crippen LogP contribution in [0.1, 0.15) is 49.4 Å². The van der Waals surface area contributed by atoms with Gasteiger partial charge in [-0.05, 0) is 42.3 Å². The highest BCUT2D eigenvalue weighted by molar-refractivity contribution is 5.98. The molecule has 0 atom stereocenters. The number of ketones is 1. The van der Waals surface area contributed by atoms with Crippen molar-refractivity contribution >= 4 is 34.3 Å². The van der Waals surface area contributed by atoms with Gasteiger partial charge in [0.15, 0.2) is 22.8 Å². The number of hydrogen-bond donors (Lipinski definition) is 2. The van der Waals surface area contributed by atoms with Gasteiger partial charge >= 0.3 is 5.76 Å². The monoisotopic (exact) mass is 534 g/mol. The molecule has 0 unspecified atom stereocenters. The van der Waals surface area contributed by atoms with E-state index in [0.717, 1.165) is 22.8 Å². The average Bonchev–Trinajstić information content (AvgIpc) is 3.43. The normalized spacial score (nSPS) is 11.2. The van der Waals surface area contributed by atoms with Gasteiger partial charge in [0.2, 0.25) is 0 Å². The number of amides is 2. The number of aryl methyl sites for hydroxylation is 1. The van der Waals surface area contributed by atoms with Gasteiger partial charge < -0.3 is 15.1 Å². The van der Waals surface area contributed by atoms with E-state index >= 15 is 0 Å². The summed E-state index contributed by atoms with van der Waals surface area (Å²) in [5, 5.41) is 9.05. The molecule has 0 fully saturated rings. The first-order chi connectivity index (χ1) is 18.6. The summed E-state index contributed by atoms with van der Waals surface area (Å²) in [5.41, 5.74) is 1.16. The SMILES string of the molecule is CC(=O)c1ccc(CNC(=O)c2cc(C(=O)NCc3ccc4oc(=O)n(C)c4c3)nc3c(F)cnn23)cc1F. The Labute approximate surface area is 218 Å². The second kappa shape index (κ2) is 9.93. The highest BCUT2D eigenvalue weighted by Crippen LogP contribution is 2.16. The summed E-state index contributed by atoms with van der Waals surface area (Å²) in [4.78, 5) is 53.0. The van der Waals surface area contributed by atoms with Crippen molar-refractivity contribution in [2.75, 3.05) is 0 Å². The molecule has 5 aromatic rings. The number of fused-ring (bicyclic) bond motifs is 2. The predicted octanol–water partition coefficient (Wildman–Crippen LogP) is 2.52. The molecule has 5 rings (SSSR count). The van der Waals surface area contributed by atoms with Gasteiger partial charge in [-0.1, -0.05) is 12.1 Å². The number of nitrogens with one attached hydrogen (secondary N) is 2. The van der Waals surface area contributed by atoms with E-state index < -0.39 is 35.0 Å². The van der Waals surface area contributed by atoms with Gasteiger partial charge in [-0.15, -0.1) is 0 Å². The van der Waals surface area contributed by atoms with E-state index in [0.29, 0.717) is 22.2 Å². The number of benzene rings is 2. The van der Waals surface area contributed by atoms with Crippen molar-refractivity contribution < 1.29 is 27.6 Å². The van der Waals surface area contributed by atoms with E-state index in [4.69, 9.17) is 4.42 Å². The Hall–Kier alpha value is -5.20. The van der Waals surface area contributed by atoms with E-state index in [9.17, 15) is 28.0 Å². The summed E-state index contributed by atoms with van der Waals surface area (Å²) in [7, 11) is 1.56. The number of hydrogen-bond acceptors (Lipinski definition) is 7. The molecule has 0 aliphatic carbocycles. The lowest BCUT2D eigenvalue weighted by Gasteiger charge is -2.10. The molecular formula is C26H20F2N6O5. The minimum absolute atomic E-state index is 0.0477. The van der Waals surface area contributed by atoms with Gasteiger partial charge in [-0.2, -0.15) is 5.10 Å². The summed E-state index contributed by atoms with van der Waals surface area (Å²) in [6.07, 6.45) is 0.862. The maximum absolute atomic E-state index is 14.4. The van der Waals surface area contributed by atoms with Crippen LogP contribution in [0.3, 0.4) is 0 Å². The van der Waals surface area contributed by atoms with E-state index in [1.54, 1.807) is 25.2 Å². The first-order valence-corrected chi connectivity index (χ1v) is 11.6. The van der Waals surface area contributed by atoms with Crippen LogP contribution >= 0.6 is 0 Å². The smallest absolute Gasteiger partial charge is 0.408 e. The molecule has 2 N–H and O–H groups in total. The fourth-order valence-corrected chi connectivity index (χ4v) is 4.00. The lowest BCUT2D eigenvalue weighted by atomic mass is 10.1. The average molecular weight is 534 g/mol. The third kappa shape index (κ3) is 4.89. The van der Waals surface area contributed by atoms with Crippen LogP contribution in [0, 0.1) is 11.6 Å². The van der Waals surface area contributed by atoms with E-state index in [1.807, 2.05) is 0 Å². The zero-order chi connectivity index (χ0) is 27.8. The Morgan fingerprint density at radius 1 is 0.949 bits per heavy atom. The fourth-order valence-electron chi connectivity index (χ4n) is 4.00. The molecule has 0 radical (unpaired) electrons. The topological polar surface area (TPSA) is 141 Å². The van der Waals surface area contributed by atoms with Gasteiger partial charge in [-0.3, -0.25) is 19.0 Å². The summed E-state index contributed by atoms with van der Waals surface area (Å²) < 4.78 is 35.9. The van der Waals surface area contributed by atoms with Crippen molar-refractivity contribution in [2.24, 2.45) is 7.05 Å². The Balaban J connectivity index is 1.36. The molecular weight excluding hydrogens is 514 g/mol. The molecule has 0 aliphatic rings. The molecule has 2 amide bonds. The molecule has 2 aromatic carbocycles. The van der Waals surface area contributed by atoms with Crippen LogP contribution in [0.5, 0.6) is 0 Å². The second-order valence-corrected chi connectivity index (χ2v) is 8.72. The molecule has 0 saturated carbocycles. The minimum atomic E-state index is -0.841. The van der Waals surface area contributed by atoms with Crippen molar-refractivity contribution in [3.05, 3.63) is 98.9 Å². The third-order valence-corrected chi connectivity index (χ3v) is 6.07. The van der Waals surface area contributed by atoms with E-state index in [-0.39, 0.29) is 35.7 Å². The first-order valence-electron chi connectivity index (χ1n) is 11.6. The van der Waals surface area contributed by atoms with Crippen molar-refractivity contribution in [3.63, 3.8) is 0 Å². The van der Waals surface area contributed by atoms with Gasteiger partial charge in [0, 0.05) is 26.2 Å². The molecule has 13 heteroatoms. The molecule has 3 aromatic heterocycles. The zero-order valence-corrected chi connectivity index (χ0v) is 20.6. The van der Waals surface area contributed by atoms with Gasteiger partial charge in [0.1, 0.15) is 17.2 Å². The summed E-state index contributed by atoms with van der Waals surface area (Å²) in [6, 6.07) is 10.1. The highest BCUT2D eigenvalue weighted by Gasteiger charge is 2.20. The first kappa shape index (κ1) is 25.4.